The Morgan fingerprint density at radius 1 is 0.867 bits per heavy atom. The van der Waals surface area contributed by atoms with Gasteiger partial charge in [-0.15, -0.1) is 0 Å². The second kappa shape index (κ2) is 5.29. The summed E-state index contributed by atoms with van der Waals surface area (Å²) >= 11 is 0. The first-order valence-corrected chi connectivity index (χ1v) is 4.72. The smallest absolute Gasteiger partial charge is 0.841 e. The third kappa shape index (κ3) is 4.97. The molecule has 3 nitrogen and oxygen atoms in total. The molecule has 0 radical (unpaired) electrons. The maximum Gasteiger partial charge on any atom is 1.00 e. The molecule has 0 aliphatic rings. The summed E-state index contributed by atoms with van der Waals surface area (Å²) in [5.74, 6) is -1.06. The third-order valence-electron chi connectivity index (χ3n) is 1.95. The molecule has 0 bridgehead atoms. The third-order valence-corrected chi connectivity index (χ3v) is 1.95. The molecule has 0 spiro atoms. The fourth-order valence-corrected chi connectivity index (χ4v) is 0.906. The van der Waals surface area contributed by atoms with Gasteiger partial charge in [-0.05, 0) is 6.10 Å². The first kappa shape index (κ1) is 17.3. The molecule has 0 unspecified atom stereocenters. The van der Waals surface area contributed by atoms with Crippen LogP contribution in [-0.4, -0.2) is 17.7 Å². The molecule has 0 aliphatic heterocycles. The Hall–Kier alpha value is -0.103. The molecule has 4 heteroatoms. The zero-order valence-electron chi connectivity index (χ0n) is 10.8. The van der Waals surface area contributed by atoms with Gasteiger partial charge in [0.1, 0.15) is 11.6 Å². The molecule has 0 amide bonds. The fraction of sp³-hybridized carbons (Fsp3) is 0.818. The van der Waals surface area contributed by atoms with Crippen molar-refractivity contribution < 1.29 is 33.6 Å². The minimum atomic E-state index is -1.74. The van der Waals surface area contributed by atoms with Crippen molar-refractivity contribution in [2.24, 2.45) is 10.8 Å². The molecule has 0 fully saturated rings. The zero-order chi connectivity index (χ0) is 11.7. The number of carbonyl (C=O) groups is 2. The normalized spacial score (nSPS) is 12.3. The first-order valence-electron chi connectivity index (χ1n) is 4.72. The number of hydrogen-bond acceptors (Lipinski definition) is 3. The average molecular weight is 206 g/mol. The van der Waals surface area contributed by atoms with E-state index in [0.717, 1.165) is 0 Å². The Bertz CT molecular complexity index is 220. The van der Waals surface area contributed by atoms with Gasteiger partial charge in [-0.2, -0.15) is 0 Å². The minimum absolute atomic E-state index is 0. The molecular formula is C11H19LiO3. The quantitative estimate of drug-likeness (QED) is 0.386. The Balaban J connectivity index is 0. The maximum atomic E-state index is 11.5. The number of carbonyl (C=O) groups excluding carboxylic acids is 2. The van der Waals surface area contributed by atoms with Gasteiger partial charge in [0.25, 0.3) is 0 Å². The second-order valence-corrected chi connectivity index (χ2v) is 5.61. The van der Waals surface area contributed by atoms with Crippen LogP contribution in [0.2, 0.25) is 0 Å². The van der Waals surface area contributed by atoms with E-state index in [-0.39, 0.29) is 18.9 Å². The van der Waals surface area contributed by atoms with E-state index in [9.17, 15) is 14.7 Å². The van der Waals surface area contributed by atoms with E-state index in [4.69, 9.17) is 0 Å². The Morgan fingerprint density at radius 3 is 1.20 bits per heavy atom. The van der Waals surface area contributed by atoms with Crippen LogP contribution in [0.4, 0.5) is 0 Å². The molecule has 0 N–H and O–H groups in total. The van der Waals surface area contributed by atoms with Gasteiger partial charge in [-0.3, -0.25) is 9.59 Å². The van der Waals surface area contributed by atoms with Gasteiger partial charge in [0.2, 0.25) is 0 Å². The second-order valence-electron chi connectivity index (χ2n) is 5.61. The van der Waals surface area contributed by atoms with E-state index in [1.54, 1.807) is 41.5 Å². The van der Waals surface area contributed by atoms with E-state index >= 15 is 0 Å². The molecule has 0 saturated carbocycles. The summed E-state index contributed by atoms with van der Waals surface area (Å²) in [6, 6.07) is 0. The van der Waals surface area contributed by atoms with Crippen molar-refractivity contribution in [2.75, 3.05) is 0 Å². The molecule has 0 heterocycles. The van der Waals surface area contributed by atoms with Crippen LogP contribution in [0.3, 0.4) is 0 Å². The molecule has 15 heavy (non-hydrogen) atoms. The molecular weight excluding hydrogens is 187 g/mol. The van der Waals surface area contributed by atoms with Gasteiger partial charge in [-0.1, -0.05) is 41.5 Å². The molecule has 0 saturated heterocycles. The summed E-state index contributed by atoms with van der Waals surface area (Å²) in [5, 5.41) is 11.5. The average Bonchev–Trinajstić information content (AvgIpc) is 1.97. The monoisotopic (exact) mass is 206 g/mol. The van der Waals surface area contributed by atoms with Gasteiger partial charge in [-0.25, -0.2) is 0 Å². The van der Waals surface area contributed by atoms with Crippen LogP contribution in [-0.2, 0) is 9.59 Å². The largest absolute Gasteiger partial charge is 1.00 e. The standard InChI is InChI=1S/C11H19O3.Li/c1-10(2,3)8(13)7(12)9(14)11(4,5)6;/h7H,1-6H3;/q-1;+1. The van der Waals surface area contributed by atoms with Gasteiger partial charge in [0.05, 0.1) is 0 Å². The zero-order valence-corrected chi connectivity index (χ0v) is 10.8. The van der Waals surface area contributed by atoms with Gasteiger partial charge in [0.15, 0.2) is 0 Å². The maximum absolute atomic E-state index is 11.5. The topological polar surface area (TPSA) is 57.2 Å². The van der Waals surface area contributed by atoms with Crippen LogP contribution in [0.15, 0.2) is 0 Å². The number of ketones is 2. The molecule has 0 rings (SSSR count). The van der Waals surface area contributed by atoms with Gasteiger partial charge in [0, 0.05) is 10.8 Å². The summed E-state index contributed by atoms with van der Waals surface area (Å²) in [6.45, 7) is 9.89. The van der Waals surface area contributed by atoms with Crippen LogP contribution in [0, 0.1) is 10.8 Å². The van der Waals surface area contributed by atoms with E-state index in [1.807, 2.05) is 0 Å². The van der Waals surface area contributed by atoms with Crippen LogP contribution < -0.4 is 24.0 Å². The summed E-state index contributed by atoms with van der Waals surface area (Å²) in [6.07, 6.45) is -1.74. The summed E-state index contributed by atoms with van der Waals surface area (Å²) in [5.41, 5.74) is -1.49. The fourth-order valence-electron chi connectivity index (χ4n) is 0.906. The van der Waals surface area contributed by atoms with Crippen molar-refractivity contribution in [1.29, 1.82) is 0 Å². The van der Waals surface area contributed by atoms with Crippen molar-refractivity contribution in [3.63, 3.8) is 0 Å². The van der Waals surface area contributed by atoms with Crippen molar-refractivity contribution in [2.45, 2.75) is 47.6 Å². The van der Waals surface area contributed by atoms with Crippen molar-refractivity contribution in [1.82, 2.24) is 0 Å². The van der Waals surface area contributed by atoms with E-state index in [2.05, 4.69) is 0 Å². The van der Waals surface area contributed by atoms with Crippen molar-refractivity contribution in [3.8, 4) is 0 Å². The summed E-state index contributed by atoms with van der Waals surface area (Å²) in [4.78, 5) is 23.0. The number of rotatable bonds is 2. The number of hydrogen-bond donors (Lipinski definition) is 0. The predicted octanol–water partition coefficient (Wildman–Crippen LogP) is -2.05. The van der Waals surface area contributed by atoms with E-state index < -0.39 is 28.5 Å². The molecule has 0 atom stereocenters. The van der Waals surface area contributed by atoms with Crippen LogP contribution in [0.1, 0.15) is 41.5 Å². The van der Waals surface area contributed by atoms with Crippen LogP contribution in [0.25, 0.3) is 0 Å². The first-order chi connectivity index (χ1) is 5.98. The Labute approximate surface area is 104 Å². The van der Waals surface area contributed by atoms with Crippen LogP contribution in [0.5, 0.6) is 0 Å². The van der Waals surface area contributed by atoms with Gasteiger partial charge >= 0.3 is 18.9 Å². The SMILES string of the molecule is CC(C)(C)C(=O)C([O-])C(=O)C(C)(C)C.[Li+]. The number of Topliss-reactive ketones (excluding diaryl/α,β-unsaturated/α-hetero) is 2. The van der Waals surface area contributed by atoms with E-state index in [0.29, 0.717) is 0 Å². The molecule has 0 aromatic carbocycles. The molecule has 0 aliphatic carbocycles. The van der Waals surface area contributed by atoms with Crippen molar-refractivity contribution >= 4 is 11.6 Å². The van der Waals surface area contributed by atoms with Crippen LogP contribution >= 0.6 is 0 Å². The Kier molecular flexibility index (Phi) is 6.10. The predicted molar refractivity (Wildman–Crippen MR) is 52.7 cm³/mol. The molecule has 0 aromatic rings. The summed E-state index contributed by atoms with van der Waals surface area (Å²) in [7, 11) is 0. The van der Waals surface area contributed by atoms with E-state index in [1.165, 1.54) is 0 Å². The summed E-state index contributed by atoms with van der Waals surface area (Å²) < 4.78 is 0. The van der Waals surface area contributed by atoms with Crippen molar-refractivity contribution in [3.05, 3.63) is 0 Å². The minimum Gasteiger partial charge on any atom is -0.841 e. The molecule has 0 aromatic heterocycles. The Morgan fingerprint density at radius 2 is 1.07 bits per heavy atom. The molecule has 82 valence electrons. The van der Waals surface area contributed by atoms with Gasteiger partial charge < -0.3 is 5.11 Å².